The summed E-state index contributed by atoms with van der Waals surface area (Å²) in [6, 6.07) is 26.5. The fourth-order valence-electron chi connectivity index (χ4n) is 5.56. The van der Waals surface area contributed by atoms with Crippen molar-refractivity contribution in [2.75, 3.05) is 32.9 Å². The Kier molecular flexibility index (Phi) is 9.84. The molecular weight excluding hydrogens is 699 g/mol. The van der Waals surface area contributed by atoms with Gasteiger partial charge in [-0.05, 0) is 61.0 Å². The number of benzene rings is 4. The van der Waals surface area contributed by atoms with Gasteiger partial charge < -0.3 is 14.2 Å². The summed E-state index contributed by atoms with van der Waals surface area (Å²) in [6.45, 7) is 1.23. The van der Waals surface area contributed by atoms with Gasteiger partial charge in [0.1, 0.15) is 23.4 Å². The van der Waals surface area contributed by atoms with Gasteiger partial charge >= 0.3 is 5.97 Å². The Labute approximate surface area is 288 Å². The number of sulfonamides is 1. The van der Waals surface area contributed by atoms with Gasteiger partial charge in [-0.3, -0.25) is 0 Å². The van der Waals surface area contributed by atoms with Crippen molar-refractivity contribution in [1.29, 1.82) is 0 Å². The van der Waals surface area contributed by atoms with E-state index in [9.17, 15) is 21.6 Å². The third-order valence-corrected chi connectivity index (χ3v) is 12.0. The van der Waals surface area contributed by atoms with E-state index in [-0.39, 0.29) is 53.7 Å². The minimum atomic E-state index is -4.55. The second-order valence-electron chi connectivity index (χ2n) is 10.8. The molecule has 6 rings (SSSR count). The van der Waals surface area contributed by atoms with Gasteiger partial charge in [-0.2, -0.15) is 4.31 Å². The highest BCUT2D eigenvalue weighted by Crippen LogP contribution is 2.38. The molecule has 0 amide bonds. The molecule has 0 radical (unpaired) electrons. The van der Waals surface area contributed by atoms with E-state index >= 15 is 0 Å². The Hall–Kier alpha value is -3.91. The average Bonchev–Trinajstić information content (AvgIpc) is 3.44. The van der Waals surface area contributed by atoms with E-state index in [0.717, 1.165) is 19.4 Å². The van der Waals surface area contributed by atoms with Crippen molar-refractivity contribution < 1.29 is 35.8 Å². The highest BCUT2D eigenvalue weighted by atomic mass is 35.5. The quantitative estimate of drug-likeness (QED) is 0.150. The number of halogens is 2. The summed E-state index contributed by atoms with van der Waals surface area (Å²) >= 11 is 12.8. The van der Waals surface area contributed by atoms with Crippen molar-refractivity contribution in [3.05, 3.63) is 113 Å². The number of hydrogen-bond acceptors (Lipinski definition) is 8. The predicted molar refractivity (Wildman–Crippen MR) is 183 cm³/mol. The molecule has 1 aliphatic heterocycles. The highest BCUT2D eigenvalue weighted by molar-refractivity contribution is 7.91. The first-order valence-electron chi connectivity index (χ1n) is 14.9. The van der Waals surface area contributed by atoms with Crippen molar-refractivity contribution in [1.82, 2.24) is 8.28 Å². The van der Waals surface area contributed by atoms with Gasteiger partial charge in [0.15, 0.2) is 5.69 Å². The van der Waals surface area contributed by atoms with Crippen molar-refractivity contribution in [2.45, 2.75) is 22.8 Å². The molecule has 0 saturated carbocycles. The maximum absolute atomic E-state index is 14.5. The lowest BCUT2D eigenvalue weighted by atomic mass is 10.1. The Bertz CT molecular complexity index is 2190. The van der Waals surface area contributed by atoms with Crippen molar-refractivity contribution in [2.24, 2.45) is 0 Å². The second-order valence-corrected chi connectivity index (χ2v) is 15.3. The molecule has 0 aliphatic carbocycles. The molecule has 1 aromatic heterocycles. The lowest BCUT2D eigenvalue weighted by molar-refractivity contribution is -0.0249. The molecule has 1 atom stereocenters. The lowest BCUT2D eigenvalue weighted by Crippen LogP contribution is -2.47. The summed E-state index contributed by atoms with van der Waals surface area (Å²) in [6.07, 6.45) is -0.697. The summed E-state index contributed by atoms with van der Waals surface area (Å²) in [5.41, 5.74) is 1.09. The summed E-state index contributed by atoms with van der Waals surface area (Å²) in [4.78, 5) is 12.9. The summed E-state index contributed by atoms with van der Waals surface area (Å²) < 4.78 is 76.0. The Morgan fingerprint density at radius 1 is 0.896 bits per heavy atom. The van der Waals surface area contributed by atoms with Crippen molar-refractivity contribution >= 4 is 60.1 Å². The van der Waals surface area contributed by atoms with E-state index in [1.165, 1.54) is 49.4 Å². The van der Waals surface area contributed by atoms with E-state index in [2.05, 4.69) is 0 Å². The zero-order valence-corrected chi connectivity index (χ0v) is 28.7. The number of morpholine rings is 1. The number of carbonyl (C=O) groups is 1. The van der Waals surface area contributed by atoms with Crippen LogP contribution in [0, 0.1) is 0 Å². The molecule has 0 bridgehead atoms. The largest absolute Gasteiger partial charge is 0.491 e. The van der Waals surface area contributed by atoms with Crippen molar-refractivity contribution in [3.8, 4) is 16.9 Å². The highest BCUT2D eigenvalue weighted by Gasteiger charge is 2.41. The standard InChI is InChI=1S/C34H30Cl2N2O8S2/c1-2-44-34(39)32-33(29-19-24(35)13-16-31(29)38(32)47(40,41)27-11-7-4-8-12-27)48(42,43)37-17-18-45-26(21-37)22-46-25-14-15-28(30(36)20-25)23-9-5-3-6-10-23/h3-16,19-20,26H,2,17-18,21-22H2,1H3. The van der Waals surface area contributed by atoms with Crippen LogP contribution < -0.4 is 4.74 Å². The van der Waals surface area contributed by atoms with E-state index in [4.69, 9.17) is 37.4 Å². The molecule has 2 heterocycles. The number of hydrogen-bond donors (Lipinski definition) is 0. The molecule has 1 aliphatic rings. The van der Waals surface area contributed by atoms with Crippen LogP contribution in [-0.2, 0) is 29.5 Å². The maximum atomic E-state index is 14.5. The monoisotopic (exact) mass is 728 g/mol. The van der Waals surface area contributed by atoms with Crippen LogP contribution in [0.2, 0.25) is 10.0 Å². The van der Waals surface area contributed by atoms with Gasteiger partial charge in [-0.1, -0.05) is 71.7 Å². The normalized spacial score (nSPS) is 15.8. The first-order valence-corrected chi connectivity index (χ1v) is 18.6. The van der Waals surface area contributed by atoms with E-state index in [0.29, 0.717) is 10.8 Å². The number of aromatic nitrogens is 1. The minimum absolute atomic E-state index is 0.00621. The molecule has 14 heteroatoms. The van der Waals surface area contributed by atoms with Gasteiger partial charge in [0.05, 0.1) is 28.6 Å². The SMILES string of the molecule is CCOC(=O)c1c(S(=O)(=O)N2CCOC(COc3ccc(-c4ccccc4)c(Cl)c3)C2)c2cc(Cl)ccc2n1S(=O)(=O)c1ccccc1. The Morgan fingerprint density at radius 2 is 1.60 bits per heavy atom. The second kappa shape index (κ2) is 13.9. The number of nitrogens with zero attached hydrogens (tertiary/aromatic N) is 2. The molecule has 10 nitrogen and oxygen atoms in total. The van der Waals surface area contributed by atoms with Crippen molar-refractivity contribution in [3.63, 3.8) is 0 Å². The average molecular weight is 730 g/mol. The number of carbonyl (C=O) groups excluding carboxylic acids is 1. The van der Waals surface area contributed by atoms with Crippen LogP contribution in [0.15, 0.2) is 107 Å². The van der Waals surface area contributed by atoms with Gasteiger partial charge in [0.2, 0.25) is 10.0 Å². The van der Waals surface area contributed by atoms with Crippen LogP contribution in [0.1, 0.15) is 17.4 Å². The van der Waals surface area contributed by atoms with Crippen LogP contribution >= 0.6 is 23.2 Å². The van der Waals surface area contributed by atoms with Crippen LogP contribution in [0.25, 0.3) is 22.0 Å². The topological polar surface area (TPSA) is 121 Å². The van der Waals surface area contributed by atoms with Gasteiger partial charge in [0, 0.05) is 29.1 Å². The molecule has 250 valence electrons. The number of ether oxygens (including phenoxy) is 3. The number of fused-ring (bicyclic) bond motifs is 1. The molecule has 1 saturated heterocycles. The summed E-state index contributed by atoms with van der Waals surface area (Å²) in [5.74, 6) is -0.649. The summed E-state index contributed by atoms with van der Waals surface area (Å²) in [5, 5.41) is 0.589. The molecule has 1 unspecified atom stereocenters. The Morgan fingerprint density at radius 3 is 2.29 bits per heavy atom. The maximum Gasteiger partial charge on any atom is 0.357 e. The molecular formula is C34H30Cl2N2O8S2. The third-order valence-electron chi connectivity index (χ3n) is 7.75. The lowest BCUT2D eigenvalue weighted by Gasteiger charge is -2.32. The fourth-order valence-corrected chi connectivity index (χ4v) is 9.40. The van der Waals surface area contributed by atoms with E-state index in [1.54, 1.807) is 18.2 Å². The molecule has 1 fully saturated rings. The first-order chi connectivity index (χ1) is 23.0. The number of rotatable bonds is 10. The molecule has 48 heavy (non-hydrogen) atoms. The molecule has 4 aromatic carbocycles. The smallest absolute Gasteiger partial charge is 0.357 e. The van der Waals surface area contributed by atoms with E-state index in [1.807, 2.05) is 36.4 Å². The first kappa shape index (κ1) is 34.0. The third kappa shape index (κ3) is 6.56. The minimum Gasteiger partial charge on any atom is -0.491 e. The zero-order chi connectivity index (χ0) is 34.1. The van der Waals surface area contributed by atoms with Crippen LogP contribution in [0.4, 0.5) is 0 Å². The molecule has 5 aromatic rings. The van der Waals surface area contributed by atoms with Crippen LogP contribution in [0.3, 0.4) is 0 Å². The van der Waals surface area contributed by atoms with E-state index < -0.39 is 42.7 Å². The number of esters is 1. The van der Waals surface area contributed by atoms with Gasteiger partial charge in [-0.25, -0.2) is 25.6 Å². The summed E-state index contributed by atoms with van der Waals surface area (Å²) in [7, 11) is -9.03. The fraction of sp³-hybridized carbons (Fsp3) is 0.206. The zero-order valence-electron chi connectivity index (χ0n) is 25.6. The van der Waals surface area contributed by atoms with Crippen LogP contribution in [-0.4, -0.2) is 70.1 Å². The predicted octanol–water partition coefficient (Wildman–Crippen LogP) is 6.50. The molecule has 0 spiro atoms. The van der Waals surface area contributed by atoms with Gasteiger partial charge in [0.25, 0.3) is 10.0 Å². The van der Waals surface area contributed by atoms with Gasteiger partial charge in [-0.15, -0.1) is 0 Å². The molecule has 0 N–H and O–H groups in total. The van der Waals surface area contributed by atoms with Crippen LogP contribution in [0.5, 0.6) is 5.75 Å². The Balaban J connectivity index is 1.35.